The molecule has 0 radical (unpaired) electrons. The van der Waals surface area contributed by atoms with Crippen molar-refractivity contribution in [2.24, 2.45) is 5.73 Å². The Morgan fingerprint density at radius 3 is 3.00 bits per heavy atom. The first-order valence-electron chi connectivity index (χ1n) is 4.00. The van der Waals surface area contributed by atoms with E-state index in [0.717, 1.165) is 11.4 Å². The lowest BCUT2D eigenvalue weighted by Crippen LogP contribution is -2.04. The fourth-order valence-electron chi connectivity index (χ4n) is 0.872. The lowest BCUT2D eigenvalue weighted by atomic mass is 10.2. The summed E-state index contributed by atoms with van der Waals surface area (Å²) < 4.78 is 0. The quantitative estimate of drug-likeness (QED) is 0.585. The van der Waals surface area contributed by atoms with Crippen LogP contribution in [0.1, 0.15) is 22.4 Å². The van der Waals surface area contributed by atoms with Gasteiger partial charge in [0.25, 0.3) is 0 Å². The Bertz CT molecular complexity index is 330. The third-order valence-electron chi connectivity index (χ3n) is 1.53. The molecule has 0 saturated carbocycles. The van der Waals surface area contributed by atoms with Gasteiger partial charge in [0.15, 0.2) is 0 Å². The lowest BCUT2D eigenvalue weighted by Gasteiger charge is -1.92. The Balaban J connectivity index is 2.79. The number of carbonyl (C=O) groups is 1. The summed E-state index contributed by atoms with van der Waals surface area (Å²) in [5.41, 5.74) is 6.38. The number of aromatic nitrogens is 1. The highest BCUT2D eigenvalue weighted by Crippen LogP contribution is 2.12. The number of allylic oxidation sites excluding steroid dienone is 1. The van der Waals surface area contributed by atoms with Gasteiger partial charge in [-0.3, -0.25) is 4.79 Å². The van der Waals surface area contributed by atoms with Crippen molar-refractivity contribution in [1.82, 2.24) is 4.98 Å². The number of ketones is 1. The fraction of sp³-hybridized carbons (Fsp3) is 0.333. The molecular weight excluding hydrogens is 184 g/mol. The van der Waals surface area contributed by atoms with Crippen LogP contribution >= 0.6 is 11.3 Å². The van der Waals surface area contributed by atoms with E-state index in [2.05, 4.69) is 11.6 Å². The molecule has 0 bridgehead atoms. The molecule has 1 aromatic rings. The van der Waals surface area contributed by atoms with Gasteiger partial charge in [-0.05, 0) is 19.0 Å². The molecule has 0 aliphatic carbocycles. The van der Waals surface area contributed by atoms with E-state index in [9.17, 15) is 4.79 Å². The van der Waals surface area contributed by atoms with Crippen molar-refractivity contribution in [3.63, 3.8) is 0 Å². The van der Waals surface area contributed by atoms with E-state index in [1.54, 1.807) is 12.3 Å². The number of carbonyl (C=O) groups excluding carboxylic acids is 1. The SMILES string of the molecule is C=C(C)C(=O)c1csc(CCN)n1. The molecule has 0 saturated heterocycles. The van der Waals surface area contributed by atoms with Gasteiger partial charge in [-0.1, -0.05) is 6.58 Å². The Kier molecular flexibility index (Phi) is 3.33. The molecule has 1 rings (SSSR count). The molecule has 2 N–H and O–H groups in total. The van der Waals surface area contributed by atoms with Gasteiger partial charge >= 0.3 is 0 Å². The van der Waals surface area contributed by atoms with Crippen LogP contribution in [0.5, 0.6) is 0 Å². The monoisotopic (exact) mass is 196 g/mol. The van der Waals surface area contributed by atoms with Crippen molar-refractivity contribution in [2.45, 2.75) is 13.3 Å². The van der Waals surface area contributed by atoms with E-state index >= 15 is 0 Å². The molecule has 0 atom stereocenters. The smallest absolute Gasteiger partial charge is 0.207 e. The maximum Gasteiger partial charge on any atom is 0.207 e. The van der Waals surface area contributed by atoms with Gasteiger partial charge in [0, 0.05) is 11.8 Å². The first-order valence-corrected chi connectivity index (χ1v) is 4.87. The van der Waals surface area contributed by atoms with Crippen molar-refractivity contribution in [3.05, 3.63) is 28.2 Å². The first kappa shape index (κ1) is 10.1. The zero-order chi connectivity index (χ0) is 9.84. The van der Waals surface area contributed by atoms with Crippen LogP contribution in [0.15, 0.2) is 17.5 Å². The Morgan fingerprint density at radius 2 is 2.46 bits per heavy atom. The third kappa shape index (κ3) is 2.47. The highest BCUT2D eigenvalue weighted by Gasteiger charge is 2.10. The Labute approximate surface area is 81.3 Å². The second-order valence-corrected chi connectivity index (χ2v) is 3.72. The van der Waals surface area contributed by atoms with E-state index in [-0.39, 0.29) is 5.78 Å². The molecule has 4 heteroatoms. The summed E-state index contributed by atoms with van der Waals surface area (Å²) in [6.45, 7) is 5.83. The van der Waals surface area contributed by atoms with Gasteiger partial charge in [-0.15, -0.1) is 11.3 Å². The molecular formula is C9H12N2OS. The molecule has 0 aliphatic rings. The van der Waals surface area contributed by atoms with Gasteiger partial charge < -0.3 is 5.73 Å². The third-order valence-corrected chi connectivity index (χ3v) is 2.44. The van der Waals surface area contributed by atoms with E-state index in [1.165, 1.54) is 11.3 Å². The number of Topliss-reactive ketones (excluding diaryl/α,β-unsaturated/α-hetero) is 1. The van der Waals surface area contributed by atoms with Crippen LogP contribution in [0.25, 0.3) is 0 Å². The highest BCUT2D eigenvalue weighted by molar-refractivity contribution is 7.09. The number of thiazole rings is 1. The molecule has 13 heavy (non-hydrogen) atoms. The summed E-state index contributed by atoms with van der Waals surface area (Å²) in [6, 6.07) is 0. The van der Waals surface area contributed by atoms with Crippen LogP contribution in [-0.4, -0.2) is 17.3 Å². The standard InChI is InChI=1S/C9H12N2OS/c1-6(2)9(12)7-5-13-8(11-7)3-4-10/h5H,1,3-4,10H2,2H3. The van der Waals surface area contributed by atoms with Crippen LogP contribution in [-0.2, 0) is 6.42 Å². The average molecular weight is 196 g/mol. The van der Waals surface area contributed by atoms with E-state index < -0.39 is 0 Å². The van der Waals surface area contributed by atoms with Crippen LogP contribution < -0.4 is 5.73 Å². The normalized spacial score (nSPS) is 10.0. The second-order valence-electron chi connectivity index (χ2n) is 2.77. The first-order chi connectivity index (χ1) is 6.15. The van der Waals surface area contributed by atoms with Crippen molar-refractivity contribution in [1.29, 1.82) is 0 Å². The molecule has 3 nitrogen and oxygen atoms in total. The van der Waals surface area contributed by atoms with Gasteiger partial charge in [-0.2, -0.15) is 0 Å². The number of rotatable bonds is 4. The zero-order valence-electron chi connectivity index (χ0n) is 7.54. The molecule has 0 aliphatic heterocycles. The summed E-state index contributed by atoms with van der Waals surface area (Å²) in [5, 5.41) is 2.66. The minimum atomic E-state index is -0.0838. The second kappa shape index (κ2) is 4.30. The van der Waals surface area contributed by atoms with Crippen LogP contribution in [0.2, 0.25) is 0 Å². The molecule has 70 valence electrons. The minimum Gasteiger partial charge on any atom is -0.330 e. The Morgan fingerprint density at radius 1 is 1.77 bits per heavy atom. The lowest BCUT2D eigenvalue weighted by molar-refractivity contribution is 0.103. The predicted molar refractivity (Wildman–Crippen MR) is 54.0 cm³/mol. The number of nitrogens with zero attached hydrogens (tertiary/aromatic N) is 1. The zero-order valence-corrected chi connectivity index (χ0v) is 8.36. The maximum atomic E-state index is 11.4. The van der Waals surface area contributed by atoms with Crippen LogP contribution in [0, 0.1) is 0 Å². The van der Waals surface area contributed by atoms with E-state index in [0.29, 0.717) is 17.8 Å². The highest BCUT2D eigenvalue weighted by atomic mass is 32.1. The summed E-state index contributed by atoms with van der Waals surface area (Å²) >= 11 is 1.47. The van der Waals surface area contributed by atoms with Gasteiger partial charge in [0.2, 0.25) is 5.78 Å². The summed E-state index contributed by atoms with van der Waals surface area (Å²) in [4.78, 5) is 15.5. The van der Waals surface area contributed by atoms with Crippen LogP contribution in [0.3, 0.4) is 0 Å². The molecule has 0 fully saturated rings. The Hall–Kier alpha value is -1.00. The summed E-state index contributed by atoms with van der Waals surface area (Å²) in [5.74, 6) is -0.0838. The maximum absolute atomic E-state index is 11.4. The predicted octanol–water partition coefficient (Wildman–Crippen LogP) is 1.40. The van der Waals surface area contributed by atoms with Gasteiger partial charge in [0.05, 0.1) is 5.01 Å². The largest absolute Gasteiger partial charge is 0.330 e. The molecule has 0 aromatic carbocycles. The van der Waals surface area contributed by atoms with Crippen molar-refractivity contribution in [3.8, 4) is 0 Å². The molecule has 1 heterocycles. The van der Waals surface area contributed by atoms with Crippen molar-refractivity contribution in [2.75, 3.05) is 6.54 Å². The summed E-state index contributed by atoms with van der Waals surface area (Å²) in [7, 11) is 0. The molecule has 0 unspecified atom stereocenters. The number of hydrogen-bond acceptors (Lipinski definition) is 4. The summed E-state index contributed by atoms with van der Waals surface area (Å²) in [6.07, 6.45) is 0.730. The van der Waals surface area contributed by atoms with Gasteiger partial charge in [0.1, 0.15) is 5.69 Å². The van der Waals surface area contributed by atoms with Gasteiger partial charge in [-0.25, -0.2) is 4.98 Å². The molecule has 0 spiro atoms. The van der Waals surface area contributed by atoms with Crippen molar-refractivity contribution < 1.29 is 4.79 Å². The number of nitrogens with two attached hydrogens (primary N) is 1. The van der Waals surface area contributed by atoms with E-state index in [4.69, 9.17) is 5.73 Å². The topological polar surface area (TPSA) is 56.0 Å². The van der Waals surface area contributed by atoms with Crippen molar-refractivity contribution >= 4 is 17.1 Å². The fourth-order valence-corrected chi connectivity index (χ4v) is 1.67. The molecule has 1 aromatic heterocycles. The minimum absolute atomic E-state index is 0.0838. The van der Waals surface area contributed by atoms with Crippen LogP contribution in [0.4, 0.5) is 0 Å². The average Bonchev–Trinajstić information content (AvgIpc) is 2.52. The molecule has 0 amide bonds. The van der Waals surface area contributed by atoms with E-state index in [1.807, 2.05) is 0 Å². The number of hydrogen-bond donors (Lipinski definition) is 1.